The minimum Gasteiger partial charge on any atom is -0.443 e. The van der Waals surface area contributed by atoms with E-state index >= 15 is 0 Å². The summed E-state index contributed by atoms with van der Waals surface area (Å²) in [7, 11) is 0. The maximum absolute atomic E-state index is 13.3. The molecule has 30 heavy (non-hydrogen) atoms. The maximum Gasteiger partial charge on any atom is 0.419 e. The lowest BCUT2D eigenvalue weighted by Crippen LogP contribution is -2.55. The van der Waals surface area contributed by atoms with Crippen LogP contribution in [-0.2, 0) is 25.6 Å². The number of hydrogen-bond acceptors (Lipinski definition) is 6. The van der Waals surface area contributed by atoms with E-state index in [2.05, 4.69) is 0 Å². The number of amides is 3. The lowest BCUT2D eigenvalue weighted by atomic mass is 10.2. The van der Waals surface area contributed by atoms with Crippen LogP contribution in [-0.4, -0.2) is 58.4 Å². The summed E-state index contributed by atoms with van der Waals surface area (Å²) in [6.07, 6.45) is -0.257. The molecule has 3 atom stereocenters. The van der Waals surface area contributed by atoms with Gasteiger partial charge in [-0.05, 0) is 46.1 Å². The third-order valence-electron chi connectivity index (χ3n) is 5.12. The van der Waals surface area contributed by atoms with Gasteiger partial charge in [-0.1, -0.05) is 30.3 Å². The summed E-state index contributed by atoms with van der Waals surface area (Å²) in [4.78, 5) is 41.1. The highest BCUT2D eigenvalue weighted by Crippen LogP contribution is 2.28. The zero-order valence-electron chi connectivity index (χ0n) is 18.0. The third-order valence-corrected chi connectivity index (χ3v) is 5.12. The molecule has 2 aliphatic heterocycles. The van der Waals surface area contributed by atoms with E-state index in [0.29, 0.717) is 6.54 Å². The molecule has 3 rings (SSSR count). The van der Waals surface area contributed by atoms with Gasteiger partial charge in [0.1, 0.15) is 11.6 Å². The van der Waals surface area contributed by atoms with Gasteiger partial charge in [0.2, 0.25) is 6.29 Å². The second-order valence-electron chi connectivity index (χ2n) is 8.74. The van der Waals surface area contributed by atoms with Gasteiger partial charge in [0.25, 0.3) is 0 Å². The van der Waals surface area contributed by atoms with E-state index in [4.69, 9.17) is 14.2 Å². The number of cyclic esters (lactones) is 1. The van der Waals surface area contributed by atoms with Crippen LogP contribution in [0.2, 0.25) is 0 Å². The van der Waals surface area contributed by atoms with Crippen molar-refractivity contribution in [2.45, 2.75) is 77.5 Å². The molecule has 164 valence electrons. The Balaban J connectivity index is 1.82. The molecule has 0 spiro atoms. The molecular formula is C22H30N2O6. The van der Waals surface area contributed by atoms with E-state index in [-0.39, 0.29) is 19.1 Å². The summed E-state index contributed by atoms with van der Waals surface area (Å²) < 4.78 is 16.6. The molecule has 0 aromatic heterocycles. The monoisotopic (exact) mass is 418 g/mol. The first-order valence-corrected chi connectivity index (χ1v) is 10.3. The van der Waals surface area contributed by atoms with Crippen molar-refractivity contribution in [2.75, 3.05) is 6.54 Å². The number of carbonyl (C=O) groups is 3. The lowest BCUT2D eigenvalue weighted by molar-refractivity contribution is -0.170. The normalized spacial score (nSPS) is 23.9. The lowest BCUT2D eigenvalue weighted by Gasteiger charge is -2.35. The second kappa shape index (κ2) is 9.04. The van der Waals surface area contributed by atoms with E-state index in [9.17, 15) is 14.4 Å². The van der Waals surface area contributed by atoms with Crippen molar-refractivity contribution in [3.8, 4) is 0 Å². The van der Waals surface area contributed by atoms with Gasteiger partial charge in [0.15, 0.2) is 0 Å². The molecule has 3 amide bonds. The van der Waals surface area contributed by atoms with Crippen molar-refractivity contribution in [1.82, 2.24) is 9.80 Å². The maximum atomic E-state index is 13.3. The fourth-order valence-electron chi connectivity index (χ4n) is 3.66. The van der Waals surface area contributed by atoms with Crippen molar-refractivity contribution in [1.29, 1.82) is 0 Å². The van der Waals surface area contributed by atoms with Gasteiger partial charge in [-0.15, -0.1) is 0 Å². The molecule has 2 fully saturated rings. The Morgan fingerprint density at radius 2 is 1.93 bits per heavy atom. The first kappa shape index (κ1) is 22.1. The Hall–Kier alpha value is -2.61. The van der Waals surface area contributed by atoms with E-state index in [1.54, 1.807) is 25.7 Å². The quantitative estimate of drug-likeness (QED) is 0.694. The summed E-state index contributed by atoms with van der Waals surface area (Å²) in [5, 5.41) is 0. The van der Waals surface area contributed by atoms with Gasteiger partial charge in [0, 0.05) is 12.6 Å². The van der Waals surface area contributed by atoms with Crippen LogP contribution in [0.4, 0.5) is 9.59 Å². The van der Waals surface area contributed by atoms with Gasteiger partial charge >= 0.3 is 18.1 Å². The Bertz CT molecular complexity index is 776. The highest BCUT2D eigenvalue weighted by atomic mass is 16.7. The van der Waals surface area contributed by atoms with Gasteiger partial charge in [0.05, 0.1) is 13.0 Å². The first-order chi connectivity index (χ1) is 14.2. The van der Waals surface area contributed by atoms with Crippen LogP contribution < -0.4 is 0 Å². The molecule has 1 aromatic rings. The summed E-state index contributed by atoms with van der Waals surface area (Å²) in [6.45, 7) is 7.86. The van der Waals surface area contributed by atoms with Crippen molar-refractivity contribution in [2.24, 2.45) is 0 Å². The Morgan fingerprint density at radius 1 is 1.23 bits per heavy atom. The molecule has 0 saturated carbocycles. The minimum atomic E-state index is -1.05. The average molecular weight is 418 g/mol. The van der Waals surface area contributed by atoms with Crippen LogP contribution >= 0.6 is 0 Å². The van der Waals surface area contributed by atoms with Crippen LogP contribution in [0.5, 0.6) is 0 Å². The van der Waals surface area contributed by atoms with Crippen LogP contribution in [0.1, 0.15) is 52.5 Å². The zero-order chi connectivity index (χ0) is 21.9. The topological polar surface area (TPSA) is 85.4 Å². The molecule has 2 aliphatic rings. The Morgan fingerprint density at radius 3 is 2.53 bits per heavy atom. The summed E-state index contributed by atoms with van der Waals surface area (Å²) in [6, 6.07) is 8.04. The standard InChI is InChI=1S/C22H30N2O6/c1-15-9-8-12-23(15)20(26)24(21(27)30-22(2,3)4)17-13-18(25)29-19(17)28-14-16-10-6-5-7-11-16/h5-7,10-11,15,17,19H,8-9,12-14H2,1-4H3/t15-,17?,19?/m0/s1. The van der Waals surface area contributed by atoms with Crippen molar-refractivity contribution >= 4 is 18.1 Å². The number of esters is 1. The number of nitrogens with zero attached hydrogens (tertiary/aromatic N) is 2. The third kappa shape index (κ3) is 5.30. The number of imide groups is 1. The van der Waals surface area contributed by atoms with E-state index in [1.807, 2.05) is 37.3 Å². The molecule has 0 bridgehead atoms. The molecule has 0 N–H and O–H groups in total. The smallest absolute Gasteiger partial charge is 0.419 e. The summed E-state index contributed by atoms with van der Waals surface area (Å²) in [5.41, 5.74) is 0.0957. The molecule has 0 radical (unpaired) electrons. The number of hydrogen-bond donors (Lipinski definition) is 0. The zero-order valence-corrected chi connectivity index (χ0v) is 18.0. The van der Waals surface area contributed by atoms with Crippen molar-refractivity contribution in [3.63, 3.8) is 0 Å². The predicted octanol–water partition coefficient (Wildman–Crippen LogP) is 3.69. The van der Waals surface area contributed by atoms with Gasteiger partial charge < -0.3 is 19.1 Å². The van der Waals surface area contributed by atoms with Gasteiger partial charge in [-0.3, -0.25) is 4.79 Å². The number of urea groups is 1. The molecular weight excluding hydrogens is 388 g/mol. The number of benzene rings is 1. The first-order valence-electron chi connectivity index (χ1n) is 10.3. The fraction of sp³-hybridized carbons (Fsp3) is 0.591. The minimum absolute atomic E-state index is 0.00384. The van der Waals surface area contributed by atoms with E-state index in [1.165, 1.54) is 0 Å². The van der Waals surface area contributed by atoms with Crippen molar-refractivity contribution in [3.05, 3.63) is 35.9 Å². The highest BCUT2D eigenvalue weighted by molar-refractivity contribution is 5.93. The van der Waals surface area contributed by atoms with Crippen LogP contribution in [0, 0.1) is 0 Å². The van der Waals surface area contributed by atoms with Gasteiger partial charge in [-0.2, -0.15) is 0 Å². The molecule has 8 nitrogen and oxygen atoms in total. The fourth-order valence-corrected chi connectivity index (χ4v) is 3.66. The molecule has 2 saturated heterocycles. The van der Waals surface area contributed by atoms with Crippen molar-refractivity contribution < 1.29 is 28.6 Å². The molecule has 8 heteroatoms. The highest BCUT2D eigenvalue weighted by Gasteiger charge is 2.48. The second-order valence-corrected chi connectivity index (χ2v) is 8.74. The van der Waals surface area contributed by atoms with E-state index in [0.717, 1.165) is 23.3 Å². The predicted molar refractivity (Wildman–Crippen MR) is 108 cm³/mol. The van der Waals surface area contributed by atoms with Crippen LogP contribution in [0.25, 0.3) is 0 Å². The number of ether oxygens (including phenoxy) is 3. The number of carbonyl (C=O) groups excluding carboxylic acids is 3. The Kier molecular flexibility index (Phi) is 6.65. The van der Waals surface area contributed by atoms with Gasteiger partial charge in [-0.25, -0.2) is 14.5 Å². The SMILES string of the molecule is C[C@H]1CCCN1C(=O)N(C(=O)OC(C)(C)C)C1CC(=O)OC1OCc1ccccc1. The summed E-state index contributed by atoms with van der Waals surface area (Å²) >= 11 is 0. The molecule has 2 unspecified atom stereocenters. The van der Waals surface area contributed by atoms with E-state index < -0.39 is 36.0 Å². The van der Waals surface area contributed by atoms with Crippen LogP contribution in [0.15, 0.2) is 30.3 Å². The largest absolute Gasteiger partial charge is 0.443 e. The average Bonchev–Trinajstić information content (AvgIpc) is 3.25. The molecule has 2 heterocycles. The number of likely N-dealkylation sites (tertiary alicyclic amines) is 1. The summed E-state index contributed by atoms with van der Waals surface area (Å²) in [5.74, 6) is -0.520. The molecule has 1 aromatic carbocycles. The molecule has 0 aliphatic carbocycles. The number of rotatable bonds is 4. The van der Waals surface area contributed by atoms with Crippen LogP contribution in [0.3, 0.4) is 0 Å². The Labute approximate surface area is 177 Å².